The normalized spacial score (nSPS) is 10.4. The molecule has 0 aliphatic carbocycles. The van der Waals surface area contributed by atoms with Gasteiger partial charge in [-0.05, 0) is 42.8 Å². The van der Waals surface area contributed by atoms with Crippen LogP contribution in [0.4, 0.5) is 10.5 Å². The van der Waals surface area contributed by atoms with Crippen LogP contribution in [0.25, 0.3) is 6.08 Å². The van der Waals surface area contributed by atoms with Gasteiger partial charge >= 0.3 is 6.09 Å². The van der Waals surface area contributed by atoms with Crippen LogP contribution in [0.5, 0.6) is 5.75 Å². The Kier molecular flexibility index (Phi) is 6.05. The molecule has 1 N–H and O–H groups in total. The third-order valence-electron chi connectivity index (χ3n) is 2.83. The number of hydrogen-bond donors (Lipinski definition) is 1. The fraction of sp³-hybridized carbons (Fsp3) is 0.167. The molecule has 4 nitrogen and oxygen atoms in total. The van der Waals surface area contributed by atoms with Gasteiger partial charge in [0.15, 0.2) is 0 Å². The predicted octanol–water partition coefficient (Wildman–Crippen LogP) is 4.35. The summed E-state index contributed by atoms with van der Waals surface area (Å²) in [6, 6.07) is 17.0. The lowest BCUT2D eigenvalue weighted by molar-refractivity contribution is 0.174. The Morgan fingerprint density at radius 3 is 2.50 bits per heavy atom. The molecular formula is C18H19NO3. The molecule has 0 saturated heterocycles. The fourth-order valence-electron chi connectivity index (χ4n) is 1.83. The molecule has 0 atom stereocenters. The minimum Gasteiger partial charge on any atom is -0.494 e. The standard InChI is InChI=1S/C18H19NO3/c1-2-21-17-12-10-16(11-13-17)19-18(20)22-14-6-9-15-7-4-3-5-8-15/h3-13H,2,14H2,1H3,(H,19,20). The summed E-state index contributed by atoms with van der Waals surface area (Å²) in [6.07, 6.45) is 3.22. The number of anilines is 1. The van der Waals surface area contributed by atoms with Gasteiger partial charge < -0.3 is 9.47 Å². The second-order valence-corrected chi connectivity index (χ2v) is 4.49. The van der Waals surface area contributed by atoms with Gasteiger partial charge in [-0.15, -0.1) is 0 Å². The van der Waals surface area contributed by atoms with Crippen LogP contribution in [0.2, 0.25) is 0 Å². The van der Waals surface area contributed by atoms with Crippen molar-refractivity contribution in [1.82, 2.24) is 0 Å². The van der Waals surface area contributed by atoms with Crippen LogP contribution >= 0.6 is 0 Å². The van der Waals surface area contributed by atoms with Gasteiger partial charge in [0.1, 0.15) is 12.4 Å². The minimum atomic E-state index is -0.484. The van der Waals surface area contributed by atoms with Crippen molar-refractivity contribution >= 4 is 17.9 Å². The van der Waals surface area contributed by atoms with Crippen molar-refractivity contribution in [3.63, 3.8) is 0 Å². The van der Waals surface area contributed by atoms with E-state index in [1.807, 2.05) is 43.3 Å². The van der Waals surface area contributed by atoms with Crippen molar-refractivity contribution in [2.24, 2.45) is 0 Å². The van der Waals surface area contributed by atoms with Crippen LogP contribution < -0.4 is 10.1 Å². The van der Waals surface area contributed by atoms with E-state index < -0.39 is 6.09 Å². The molecule has 1 amide bonds. The van der Waals surface area contributed by atoms with Gasteiger partial charge in [-0.2, -0.15) is 0 Å². The molecule has 0 bridgehead atoms. The smallest absolute Gasteiger partial charge is 0.411 e. The zero-order valence-electron chi connectivity index (χ0n) is 12.5. The van der Waals surface area contributed by atoms with Crippen molar-refractivity contribution in [3.8, 4) is 5.75 Å². The topological polar surface area (TPSA) is 47.6 Å². The molecule has 0 aliphatic heterocycles. The molecule has 0 aromatic heterocycles. The van der Waals surface area contributed by atoms with Gasteiger partial charge in [-0.3, -0.25) is 5.32 Å². The average Bonchev–Trinajstić information content (AvgIpc) is 2.55. The lowest BCUT2D eigenvalue weighted by atomic mass is 10.2. The molecule has 0 spiro atoms. The number of hydrogen-bond acceptors (Lipinski definition) is 3. The van der Waals surface area contributed by atoms with Crippen molar-refractivity contribution < 1.29 is 14.3 Å². The van der Waals surface area contributed by atoms with Gasteiger partial charge in [0.25, 0.3) is 0 Å². The first-order valence-corrected chi connectivity index (χ1v) is 7.16. The summed E-state index contributed by atoms with van der Waals surface area (Å²) in [5.41, 5.74) is 1.73. The molecule has 0 aliphatic rings. The van der Waals surface area contributed by atoms with E-state index in [2.05, 4.69) is 5.32 Å². The van der Waals surface area contributed by atoms with Crippen molar-refractivity contribution in [2.45, 2.75) is 6.92 Å². The van der Waals surface area contributed by atoms with E-state index >= 15 is 0 Å². The number of ether oxygens (including phenoxy) is 2. The van der Waals surface area contributed by atoms with Gasteiger partial charge in [-0.1, -0.05) is 36.4 Å². The second-order valence-electron chi connectivity index (χ2n) is 4.49. The third kappa shape index (κ3) is 5.32. The summed E-state index contributed by atoms with van der Waals surface area (Å²) in [4.78, 5) is 11.6. The molecule has 2 rings (SSSR count). The van der Waals surface area contributed by atoms with Gasteiger partial charge in [0, 0.05) is 5.69 Å². The molecule has 2 aromatic rings. The molecule has 4 heteroatoms. The van der Waals surface area contributed by atoms with E-state index in [0.29, 0.717) is 12.3 Å². The molecule has 0 saturated carbocycles. The van der Waals surface area contributed by atoms with Crippen molar-refractivity contribution in [3.05, 3.63) is 66.2 Å². The highest BCUT2D eigenvalue weighted by molar-refractivity contribution is 5.84. The maximum Gasteiger partial charge on any atom is 0.411 e. The Bertz CT molecular complexity index is 606. The second kappa shape index (κ2) is 8.52. The van der Waals surface area contributed by atoms with Crippen LogP contribution in [0.1, 0.15) is 12.5 Å². The molecule has 0 heterocycles. The maximum atomic E-state index is 11.6. The zero-order valence-corrected chi connectivity index (χ0v) is 12.5. The first kappa shape index (κ1) is 15.6. The van der Waals surface area contributed by atoms with E-state index in [-0.39, 0.29) is 6.61 Å². The lowest BCUT2D eigenvalue weighted by Crippen LogP contribution is -2.13. The molecular weight excluding hydrogens is 278 g/mol. The van der Waals surface area contributed by atoms with Crippen LogP contribution in [0, 0.1) is 0 Å². The van der Waals surface area contributed by atoms with E-state index in [9.17, 15) is 4.79 Å². The minimum absolute atomic E-state index is 0.220. The number of carbonyl (C=O) groups is 1. The van der Waals surface area contributed by atoms with Crippen LogP contribution in [-0.2, 0) is 4.74 Å². The van der Waals surface area contributed by atoms with Gasteiger partial charge in [0.2, 0.25) is 0 Å². The fourth-order valence-corrected chi connectivity index (χ4v) is 1.83. The Balaban J connectivity index is 1.74. The summed E-state index contributed by atoms with van der Waals surface area (Å²) < 4.78 is 10.4. The van der Waals surface area contributed by atoms with E-state index in [1.165, 1.54) is 0 Å². The SMILES string of the molecule is CCOc1ccc(NC(=O)OCC=Cc2ccccc2)cc1. The predicted molar refractivity (Wildman–Crippen MR) is 88.1 cm³/mol. The third-order valence-corrected chi connectivity index (χ3v) is 2.83. The highest BCUT2D eigenvalue weighted by Gasteiger charge is 2.02. The lowest BCUT2D eigenvalue weighted by Gasteiger charge is -2.07. The molecule has 0 unspecified atom stereocenters. The van der Waals surface area contributed by atoms with Crippen LogP contribution in [0.15, 0.2) is 60.7 Å². The van der Waals surface area contributed by atoms with E-state index in [1.54, 1.807) is 30.3 Å². The molecule has 114 valence electrons. The highest BCUT2D eigenvalue weighted by atomic mass is 16.5. The largest absolute Gasteiger partial charge is 0.494 e. The molecule has 2 aromatic carbocycles. The summed E-state index contributed by atoms with van der Waals surface area (Å²) in [6.45, 7) is 2.76. The first-order chi connectivity index (χ1) is 10.8. The molecule has 0 radical (unpaired) electrons. The number of nitrogens with one attached hydrogen (secondary N) is 1. The van der Waals surface area contributed by atoms with Gasteiger partial charge in [0.05, 0.1) is 6.61 Å². The summed E-state index contributed by atoms with van der Waals surface area (Å²) in [7, 11) is 0. The van der Waals surface area contributed by atoms with E-state index in [4.69, 9.17) is 9.47 Å². The Labute approximate surface area is 130 Å². The summed E-state index contributed by atoms with van der Waals surface area (Å²) >= 11 is 0. The Morgan fingerprint density at radius 2 is 1.82 bits per heavy atom. The highest BCUT2D eigenvalue weighted by Crippen LogP contribution is 2.15. The maximum absolute atomic E-state index is 11.6. The quantitative estimate of drug-likeness (QED) is 0.862. The molecule has 22 heavy (non-hydrogen) atoms. The number of benzene rings is 2. The Morgan fingerprint density at radius 1 is 1.09 bits per heavy atom. The summed E-state index contributed by atoms with van der Waals surface area (Å²) in [5.74, 6) is 0.771. The first-order valence-electron chi connectivity index (χ1n) is 7.16. The van der Waals surface area contributed by atoms with Crippen molar-refractivity contribution in [2.75, 3.05) is 18.5 Å². The van der Waals surface area contributed by atoms with Crippen LogP contribution in [-0.4, -0.2) is 19.3 Å². The molecule has 0 fully saturated rings. The van der Waals surface area contributed by atoms with Crippen LogP contribution in [0.3, 0.4) is 0 Å². The number of carbonyl (C=O) groups excluding carboxylic acids is 1. The summed E-state index contributed by atoms with van der Waals surface area (Å²) in [5, 5.41) is 2.66. The Hall–Kier alpha value is -2.75. The van der Waals surface area contributed by atoms with Crippen molar-refractivity contribution in [1.29, 1.82) is 0 Å². The van der Waals surface area contributed by atoms with Gasteiger partial charge in [-0.25, -0.2) is 4.79 Å². The number of amides is 1. The monoisotopic (exact) mass is 297 g/mol. The average molecular weight is 297 g/mol. The number of rotatable bonds is 6. The zero-order chi connectivity index (χ0) is 15.6. The van der Waals surface area contributed by atoms with E-state index in [0.717, 1.165) is 11.3 Å².